The van der Waals surface area contributed by atoms with Gasteiger partial charge < -0.3 is 14.8 Å². The highest BCUT2D eigenvalue weighted by molar-refractivity contribution is 6.33. The van der Waals surface area contributed by atoms with Crippen LogP contribution in [-0.2, 0) is 0 Å². The van der Waals surface area contributed by atoms with Gasteiger partial charge in [0.25, 0.3) is 5.91 Å². The van der Waals surface area contributed by atoms with E-state index in [9.17, 15) is 4.79 Å². The predicted octanol–water partition coefficient (Wildman–Crippen LogP) is 3.18. The zero-order valence-electron chi connectivity index (χ0n) is 10.1. The smallest absolute Gasteiger partial charge is 0.260 e. The Morgan fingerprint density at radius 3 is 2.80 bits per heavy atom. The van der Waals surface area contributed by atoms with Gasteiger partial charge in [0.2, 0.25) is 5.22 Å². The third-order valence-corrected chi connectivity index (χ3v) is 2.92. The van der Waals surface area contributed by atoms with Gasteiger partial charge >= 0.3 is 0 Å². The molecule has 0 saturated carbocycles. The summed E-state index contributed by atoms with van der Waals surface area (Å²) in [5, 5.41) is 11.8. The van der Waals surface area contributed by atoms with Crippen LogP contribution in [0.5, 0.6) is 0 Å². The third-order valence-electron chi connectivity index (χ3n) is 2.39. The summed E-state index contributed by atoms with van der Waals surface area (Å²) in [4.78, 5) is 12.0. The lowest BCUT2D eigenvalue weighted by Crippen LogP contribution is -2.12. The third kappa shape index (κ3) is 3.34. The maximum Gasteiger partial charge on any atom is 0.260 e. The topological polar surface area (TPSA) is 62.5 Å². The first-order valence-corrected chi connectivity index (χ1v) is 6.31. The van der Waals surface area contributed by atoms with Crippen molar-refractivity contribution >= 4 is 34.8 Å². The summed E-state index contributed by atoms with van der Waals surface area (Å²) in [6, 6.07) is 6.32. The van der Waals surface area contributed by atoms with E-state index in [1.165, 1.54) is 12.3 Å². The van der Waals surface area contributed by atoms with Gasteiger partial charge in [-0.25, -0.2) is 0 Å². The summed E-state index contributed by atoms with van der Waals surface area (Å²) < 4.78 is 4.86. The monoisotopic (exact) mass is 309 g/mol. The summed E-state index contributed by atoms with van der Waals surface area (Å²) in [5.74, 6) is 4.80. The second-order valence-electron chi connectivity index (χ2n) is 3.71. The first-order valence-electron chi connectivity index (χ1n) is 5.55. The normalized spacial score (nSPS) is 9.75. The van der Waals surface area contributed by atoms with E-state index in [2.05, 4.69) is 17.2 Å². The van der Waals surface area contributed by atoms with E-state index >= 15 is 0 Å². The average molecular weight is 310 g/mol. The number of anilines is 1. The number of furan rings is 1. The van der Waals surface area contributed by atoms with Crippen molar-refractivity contribution in [1.82, 2.24) is 0 Å². The molecule has 2 aromatic rings. The molecule has 0 aliphatic carbocycles. The molecule has 0 atom stereocenters. The lowest BCUT2D eigenvalue weighted by Gasteiger charge is -2.07. The highest BCUT2D eigenvalue weighted by Crippen LogP contribution is 2.23. The quantitative estimate of drug-likeness (QED) is 0.837. The molecule has 0 bridgehead atoms. The molecule has 0 fully saturated rings. The van der Waals surface area contributed by atoms with Crippen LogP contribution in [0.15, 0.2) is 34.9 Å². The van der Waals surface area contributed by atoms with Crippen molar-refractivity contribution in [2.45, 2.75) is 0 Å². The highest BCUT2D eigenvalue weighted by atomic mass is 35.5. The van der Waals surface area contributed by atoms with Crippen LogP contribution in [0.3, 0.4) is 0 Å². The summed E-state index contributed by atoms with van der Waals surface area (Å²) in [6.07, 6.45) is 1.32. The summed E-state index contributed by atoms with van der Waals surface area (Å²) >= 11 is 11.6. The van der Waals surface area contributed by atoms with Gasteiger partial charge in [0.15, 0.2) is 0 Å². The fourth-order valence-electron chi connectivity index (χ4n) is 1.51. The van der Waals surface area contributed by atoms with E-state index in [-0.39, 0.29) is 17.4 Å². The first kappa shape index (κ1) is 14.5. The minimum atomic E-state index is -0.432. The van der Waals surface area contributed by atoms with Crippen LogP contribution in [0, 0.1) is 11.8 Å². The van der Waals surface area contributed by atoms with Gasteiger partial charge in [0.05, 0.1) is 17.5 Å². The largest absolute Gasteiger partial charge is 0.452 e. The average Bonchev–Trinajstić information content (AvgIpc) is 2.84. The number of hydrogen-bond acceptors (Lipinski definition) is 3. The highest BCUT2D eigenvalue weighted by Gasteiger charge is 2.14. The number of aliphatic hydroxyl groups is 1. The molecule has 20 heavy (non-hydrogen) atoms. The minimum Gasteiger partial charge on any atom is -0.452 e. The summed E-state index contributed by atoms with van der Waals surface area (Å²) in [7, 11) is 0. The molecule has 102 valence electrons. The number of amides is 1. The Balaban J connectivity index is 2.31. The Hall–Kier alpha value is -1.93. The van der Waals surface area contributed by atoms with Gasteiger partial charge in [0.1, 0.15) is 6.61 Å². The molecule has 0 unspecified atom stereocenters. The predicted molar refractivity (Wildman–Crippen MR) is 77.1 cm³/mol. The number of nitrogens with one attached hydrogen (secondary N) is 1. The van der Waals surface area contributed by atoms with Gasteiger partial charge in [-0.05, 0) is 35.9 Å². The van der Waals surface area contributed by atoms with Crippen LogP contribution in [0.2, 0.25) is 10.2 Å². The molecule has 1 aromatic carbocycles. The van der Waals surface area contributed by atoms with Crippen molar-refractivity contribution in [3.05, 3.63) is 51.9 Å². The number of aliphatic hydroxyl groups excluding tert-OH is 1. The van der Waals surface area contributed by atoms with Crippen LogP contribution in [0.1, 0.15) is 15.9 Å². The van der Waals surface area contributed by atoms with Crippen molar-refractivity contribution < 1.29 is 14.3 Å². The van der Waals surface area contributed by atoms with Gasteiger partial charge in [0, 0.05) is 10.6 Å². The molecule has 0 aliphatic rings. The summed E-state index contributed by atoms with van der Waals surface area (Å²) in [5.41, 5.74) is 1.19. The van der Waals surface area contributed by atoms with Crippen LogP contribution < -0.4 is 5.32 Å². The number of carbonyl (C=O) groups is 1. The number of benzene rings is 1. The van der Waals surface area contributed by atoms with Gasteiger partial charge in [-0.1, -0.05) is 23.4 Å². The molecule has 0 saturated heterocycles. The molecule has 1 amide bonds. The van der Waals surface area contributed by atoms with Crippen LogP contribution in [0.25, 0.3) is 0 Å². The first-order chi connectivity index (χ1) is 9.61. The molecule has 6 heteroatoms. The van der Waals surface area contributed by atoms with Crippen LogP contribution in [-0.4, -0.2) is 17.6 Å². The molecule has 1 aromatic heterocycles. The van der Waals surface area contributed by atoms with Crippen LogP contribution in [0.4, 0.5) is 5.69 Å². The molecule has 2 N–H and O–H groups in total. The van der Waals surface area contributed by atoms with E-state index in [4.69, 9.17) is 32.7 Å². The van der Waals surface area contributed by atoms with E-state index < -0.39 is 5.91 Å². The number of carbonyl (C=O) groups excluding carboxylic acids is 1. The Kier molecular flexibility index (Phi) is 4.70. The molecule has 0 radical (unpaired) electrons. The second-order valence-corrected chi connectivity index (χ2v) is 4.49. The molecular weight excluding hydrogens is 301 g/mol. The van der Waals surface area contributed by atoms with Crippen LogP contribution >= 0.6 is 23.2 Å². The lowest BCUT2D eigenvalue weighted by molar-refractivity contribution is 0.102. The Labute approximate surface area is 125 Å². The number of rotatable bonds is 2. The van der Waals surface area contributed by atoms with Crippen molar-refractivity contribution in [2.75, 3.05) is 11.9 Å². The second kappa shape index (κ2) is 6.49. The van der Waals surface area contributed by atoms with Crippen molar-refractivity contribution in [3.8, 4) is 11.8 Å². The number of halogens is 2. The fraction of sp³-hybridized carbons (Fsp3) is 0.0714. The van der Waals surface area contributed by atoms with Gasteiger partial charge in [-0.15, -0.1) is 0 Å². The zero-order valence-corrected chi connectivity index (χ0v) is 11.6. The van der Waals surface area contributed by atoms with Gasteiger partial charge in [-0.3, -0.25) is 4.79 Å². The Bertz CT molecular complexity index is 698. The Morgan fingerprint density at radius 1 is 1.35 bits per heavy atom. The maximum atomic E-state index is 12.0. The standard InChI is InChI=1S/C14H9Cl2NO3/c15-10-4-3-9(2-1-6-18)12(8-10)17-14(19)11-5-7-20-13(11)16/h3-5,7-8,18H,6H2,(H,17,19). The Morgan fingerprint density at radius 2 is 2.15 bits per heavy atom. The SMILES string of the molecule is O=C(Nc1cc(Cl)ccc1C#CCO)c1ccoc1Cl. The minimum absolute atomic E-state index is 0.00696. The van der Waals surface area contributed by atoms with Crippen molar-refractivity contribution in [3.63, 3.8) is 0 Å². The molecule has 0 aliphatic heterocycles. The van der Waals surface area contributed by atoms with E-state index in [0.29, 0.717) is 16.3 Å². The van der Waals surface area contributed by atoms with E-state index in [0.717, 1.165) is 0 Å². The molecular formula is C14H9Cl2NO3. The fourth-order valence-corrected chi connectivity index (χ4v) is 1.88. The van der Waals surface area contributed by atoms with Crippen molar-refractivity contribution in [2.24, 2.45) is 0 Å². The summed E-state index contributed by atoms with van der Waals surface area (Å²) in [6.45, 7) is -0.274. The molecule has 0 spiro atoms. The van der Waals surface area contributed by atoms with Crippen molar-refractivity contribution in [1.29, 1.82) is 0 Å². The molecule has 2 rings (SSSR count). The maximum absolute atomic E-state index is 12.0. The molecule has 1 heterocycles. The van der Waals surface area contributed by atoms with E-state index in [1.54, 1.807) is 18.2 Å². The lowest BCUT2D eigenvalue weighted by atomic mass is 10.1. The van der Waals surface area contributed by atoms with Gasteiger partial charge in [-0.2, -0.15) is 0 Å². The molecule has 4 nitrogen and oxygen atoms in total. The number of hydrogen-bond donors (Lipinski definition) is 2. The zero-order chi connectivity index (χ0) is 14.5. The van der Waals surface area contributed by atoms with E-state index in [1.807, 2.05) is 0 Å².